The lowest BCUT2D eigenvalue weighted by Gasteiger charge is -2.29. The molecular weight excluding hydrogens is 234 g/mol. The number of likely N-dealkylation sites (N-methyl/N-ethyl adjacent to an activating group) is 1. The highest BCUT2D eigenvalue weighted by Crippen LogP contribution is 1.98. The topological polar surface area (TPSA) is 56.2 Å². The summed E-state index contributed by atoms with van der Waals surface area (Å²) < 4.78 is 5.29. The van der Waals surface area contributed by atoms with Crippen LogP contribution in [0.1, 0.15) is 0 Å². The van der Waals surface area contributed by atoms with E-state index in [-0.39, 0.29) is 6.54 Å². The van der Waals surface area contributed by atoms with Crippen LogP contribution < -0.4 is 0 Å². The number of nitrogens with zero attached hydrogens (tertiary/aromatic N) is 3. The van der Waals surface area contributed by atoms with E-state index in [9.17, 15) is 4.79 Å². The minimum Gasteiger partial charge on any atom is -0.480 e. The summed E-state index contributed by atoms with van der Waals surface area (Å²) >= 11 is 0. The number of carboxylic acid groups (broad SMARTS) is 1. The summed E-state index contributed by atoms with van der Waals surface area (Å²) in [5, 5.41) is 8.90. The SMILES string of the molecule is CN(C)CCN(CCN1CCOCC1)CC(=O)O. The van der Waals surface area contributed by atoms with Crippen molar-refractivity contribution in [2.75, 3.05) is 73.1 Å². The first-order valence-electron chi connectivity index (χ1n) is 6.47. The predicted molar refractivity (Wildman–Crippen MR) is 69.9 cm³/mol. The van der Waals surface area contributed by atoms with Gasteiger partial charge in [-0.3, -0.25) is 14.6 Å². The van der Waals surface area contributed by atoms with Crippen LogP contribution in [0.5, 0.6) is 0 Å². The molecule has 0 atom stereocenters. The Morgan fingerprint density at radius 3 is 2.44 bits per heavy atom. The van der Waals surface area contributed by atoms with Gasteiger partial charge in [-0.15, -0.1) is 0 Å². The van der Waals surface area contributed by atoms with E-state index in [1.54, 1.807) is 0 Å². The third-order valence-electron chi connectivity index (χ3n) is 3.06. The minimum atomic E-state index is -0.754. The Balaban J connectivity index is 2.27. The zero-order chi connectivity index (χ0) is 13.4. The molecule has 106 valence electrons. The van der Waals surface area contributed by atoms with E-state index in [0.29, 0.717) is 0 Å². The average molecular weight is 259 g/mol. The van der Waals surface area contributed by atoms with Crippen LogP contribution in [-0.2, 0) is 9.53 Å². The van der Waals surface area contributed by atoms with Crippen molar-refractivity contribution in [2.24, 2.45) is 0 Å². The minimum absolute atomic E-state index is 0.123. The number of rotatable bonds is 8. The van der Waals surface area contributed by atoms with E-state index in [1.807, 2.05) is 19.0 Å². The molecule has 0 amide bonds. The number of carboxylic acids is 1. The average Bonchev–Trinajstić information content (AvgIpc) is 2.33. The molecule has 6 heteroatoms. The van der Waals surface area contributed by atoms with Crippen molar-refractivity contribution < 1.29 is 14.6 Å². The third kappa shape index (κ3) is 6.90. The summed E-state index contributed by atoms with van der Waals surface area (Å²) in [6, 6.07) is 0. The summed E-state index contributed by atoms with van der Waals surface area (Å²) in [7, 11) is 4.00. The Hall–Kier alpha value is -0.690. The Labute approximate surface area is 109 Å². The lowest BCUT2D eigenvalue weighted by atomic mass is 10.3. The van der Waals surface area contributed by atoms with Crippen molar-refractivity contribution in [1.29, 1.82) is 0 Å². The molecular formula is C12H25N3O3. The van der Waals surface area contributed by atoms with Crippen LogP contribution in [0.3, 0.4) is 0 Å². The van der Waals surface area contributed by atoms with Crippen LogP contribution in [0.25, 0.3) is 0 Å². The Morgan fingerprint density at radius 2 is 1.89 bits per heavy atom. The van der Waals surface area contributed by atoms with Crippen molar-refractivity contribution in [3.8, 4) is 0 Å². The molecule has 1 heterocycles. The maximum atomic E-state index is 10.8. The fraction of sp³-hybridized carbons (Fsp3) is 0.917. The molecule has 0 aromatic heterocycles. The number of aliphatic carboxylic acids is 1. The van der Waals surface area contributed by atoms with Crippen molar-refractivity contribution in [2.45, 2.75) is 0 Å². The maximum Gasteiger partial charge on any atom is 0.317 e. The molecule has 1 fully saturated rings. The molecule has 6 nitrogen and oxygen atoms in total. The van der Waals surface area contributed by atoms with Crippen LogP contribution in [0.2, 0.25) is 0 Å². The van der Waals surface area contributed by atoms with Crippen molar-refractivity contribution in [3.63, 3.8) is 0 Å². The van der Waals surface area contributed by atoms with Gasteiger partial charge in [-0.25, -0.2) is 0 Å². The molecule has 1 rings (SSSR count). The molecule has 1 aliphatic heterocycles. The second-order valence-electron chi connectivity index (χ2n) is 4.93. The standard InChI is InChI=1S/C12H25N3O3/c1-13(2)3-4-15(11-12(16)17)6-5-14-7-9-18-10-8-14/h3-11H2,1-2H3,(H,16,17). The van der Waals surface area contributed by atoms with Gasteiger partial charge in [0.25, 0.3) is 0 Å². The monoisotopic (exact) mass is 259 g/mol. The molecule has 0 aliphatic carbocycles. The second-order valence-corrected chi connectivity index (χ2v) is 4.93. The molecule has 0 spiro atoms. The fourth-order valence-corrected chi connectivity index (χ4v) is 1.91. The molecule has 18 heavy (non-hydrogen) atoms. The van der Waals surface area contributed by atoms with E-state index in [0.717, 1.165) is 52.5 Å². The molecule has 0 aromatic rings. The van der Waals surface area contributed by atoms with Gasteiger partial charge in [0.15, 0.2) is 0 Å². The van der Waals surface area contributed by atoms with E-state index in [4.69, 9.17) is 9.84 Å². The lowest BCUT2D eigenvalue weighted by Crippen LogP contribution is -2.44. The maximum absolute atomic E-state index is 10.8. The number of ether oxygens (including phenoxy) is 1. The van der Waals surface area contributed by atoms with Gasteiger partial charge in [0.2, 0.25) is 0 Å². The van der Waals surface area contributed by atoms with Gasteiger partial charge in [0, 0.05) is 39.3 Å². The summed E-state index contributed by atoms with van der Waals surface area (Å²) in [6.07, 6.45) is 0. The molecule has 0 saturated carbocycles. The highest BCUT2D eigenvalue weighted by atomic mass is 16.5. The lowest BCUT2D eigenvalue weighted by molar-refractivity contribution is -0.138. The van der Waals surface area contributed by atoms with Gasteiger partial charge in [-0.2, -0.15) is 0 Å². The van der Waals surface area contributed by atoms with Crippen LogP contribution >= 0.6 is 0 Å². The van der Waals surface area contributed by atoms with Crippen molar-refractivity contribution >= 4 is 5.97 Å². The quantitative estimate of drug-likeness (QED) is 0.620. The largest absolute Gasteiger partial charge is 0.480 e. The number of morpholine rings is 1. The molecule has 0 bridgehead atoms. The molecule has 0 unspecified atom stereocenters. The van der Waals surface area contributed by atoms with Crippen molar-refractivity contribution in [3.05, 3.63) is 0 Å². The number of hydrogen-bond acceptors (Lipinski definition) is 5. The highest BCUT2D eigenvalue weighted by molar-refractivity contribution is 5.69. The third-order valence-corrected chi connectivity index (χ3v) is 3.06. The molecule has 0 radical (unpaired) electrons. The van der Waals surface area contributed by atoms with Gasteiger partial charge in [-0.05, 0) is 14.1 Å². The Bertz CT molecular complexity index is 243. The molecule has 1 saturated heterocycles. The summed E-state index contributed by atoms with van der Waals surface area (Å²) in [6.45, 7) is 7.01. The van der Waals surface area contributed by atoms with Gasteiger partial charge >= 0.3 is 5.97 Å². The predicted octanol–water partition coefficient (Wildman–Crippen LogP) is -0.733. The van der Waals surface area contributed by atoms with Crippen molar-refractivity contribution in [1.82, 2.24) is 14.7 Å². The smallest absolute Gasteiger partial charge is 0.317 e. The number of carbonyl (C=O) groups is 1. The zero-order valence-corrected chi connectivity index (χ0v) is 11.5. The number of hydrogen-bond donors (Lipinski definition) is 1. The second kappa shape index (κ2) is 8.42. The van der Waals surface area contributed by atoms with E-state index >= 15 is 0 Å². The van der Waals surface area contributed by atoms with E-state index in [1.165, 1.54) is 0 Å². The Kier molecular flexibility index (Phi) is 7.19. The van der Waals surface area contributed by atoms with Gasteiger partial charge in [0.1, 0.15) is 0 Å². The van der Waals surface area contributed by atoms with Crippen LogP contribution in [0, 0.1) is 0 Å². The zero-order valence-electron chi connectivity index (χ0n) is 11.5. The van der Waals surface area contributed by atoms with Crippen LogP contribution in [0.15, 0.2) is 0 Å². The summed E-state index contributed by atoms with van der Waals surface area (Å²) in [5.41, 5.74) is 0. The first kappa shape index (κ1) is 15.4. The molecule has 1 N–H and O–H groups in total. The normalized spacial score (nSPS) is 17.6. The summed E-state index contributed by atoms with van der Waals surface area (Å²) in [5.74, 6) is -0.754. The molecule has 0 aromatic carbocycles. The van der Waals surface area contributed by atoms with Crippen LogP contribution in [0.4, 0.5) is 0 Å². The molecule has 1 aliphatic rings. The van der Waals surface area contributed by atoms with Gasteiger partial charge in [0.05, 0.1) is 19.8 Å². The van der Waals surface area contributed by atoms with Crippen LogP contribution in [-0.4, -0.2) is 98.9 Å². The van der Waals surface area contributed by atoms with E-state index in [2.05, 4.69) is 9.80 Å². The van der Waals surface area contributed by atoms with Gasteiger partial charge < -0.3 is 14.7 Å². The Morgan fingerprint density at radius 1 is 1.22 bits per heavy atom. The van der Waals surface area contributed by atoms with Gasteiger partial charge in [-0.1, -0.05) is 0 Å². The van der Waals surface area contributed by atoms with E-state index < -0.39 is 5.97 Å². The summed E-state index contributed by atoms with van der Waals surface area (Å²) in [4.78, 5) is 17.2. The first-order chi connectivity index (χ1) is 8.58. The fourth-order valence-electron chi connectivity index (χ4n) is 1.91. The first-order valence-corrected chi connectivity index (χ1v) is 6.47. The highest BCUT2D eigenvalue weighted by Gasteiger charge is 2.14.